The Morgan fingerprint density at radius 3 is 2.71 bits per heavy atom. The number of ketones is 1. The molecule has 0 N–H and O–H groups in total. The number of rotatable bonds is 5. The van der Waals surface area contributed by atoms with Crippen LogP contribution in [0, 0.1) is 6.92 Å². The van der Waals surface area contributed by atoms with Gasteiger partial charge in [-0.3, -0.25) is 4.79 Å². The molecule has 0 atom stereocenters. The van der Waals surface area contributed by atoms with Crippen LogP contribution in [0.3, 0.4) is 0 Å². The van der Waals surface area contributed by atoms with E-state index in [2.05, 4.69) is 17.1 Å². The summed E-state index contributed by atoms with van der Waals surface area (Å²) < 4.78 is 0. The zero-order valence-electron chi connectivity index (χ0n) is 9.85. The highest BCUT2D eigenvalue weighted by molar-refractivity contribution is 7.11. The fourth-order valence-electron chi connectivity index (χ4n) is 1.78. The third kappa shape index (κ3) is 3.24. The van der Waals surface area contributed by atoms with Gasteiger partial charge in [-0.1, -0.05) is 30.3 Å². The number of carbonyl (C=O) groups excluding carboxylic acids is 1. The van der Waals surface area contributed by atoms with E-state index in [0.717, 1.165) is 23.4 Å². The van der Waals surface area contributed by atoms with Crippen LogP contribution in [0.4, 0.5) is 0 Å². The first-order chi connectivity index (χ1) is 8.27. The molecule has 0 fully saturated rings. The lowest BCUT2D eigenvalue weighted by molar-refractivity contribution is 0.0983. The third-order valence-electron chi connectivity index (χ3n) is 2.71. The molecule has 0 bridgehead atoms. The van der Waals surface area contributed by atoms with Gasteiger partial charge in [-0.25, -0.2) is 4.98 Å². The van der Waals surface area contributed by atoms with Gasteiger partial charge >= 0.3 is 0 Å². The third-order valence-corrected chi connectivity index (χ3v) is 3.68. The molecule has 2 aromatic rings. The molecule has 88 valence electrons. The summed E-state index contributed by atoms with van der Waals surface area (Å²) in [6.45, 7) is 1.89. The zero-order chi connectivity index (χ0) is 12.1. The van der Waals surface area contributed by atoms with Crippen LogP contribution in [0.2, 0.25) is 0 Å². The summed E-state index contributed by atoms with van der Waals surface area (Å²) in [5.41, 5.74) is 3.89. The molecular formula is C14H15NOS. The molecule has 1 aromatic heterocycles. The molecule has 0 saturated heterocycles. The average molecular weight is 245 g/mol. The molecule has 0 radical (unpaired) electrons. The molecule has 2 nitrogen and oxygen atoms in total. The van der Waals surface area contributed by atoms with Gasteiger partial charge in [0.05, 0.1) is 16.1 Å². The normalized spacial score (nSPS) is 10.4. The van der Waals surface area contributed by atoms with Crippen molar-refractivity contribution in [2.45, 2.75) is 26.2 Å². The van der Waals surface area contributed by atoms with Gasteiger partial charge in [-0.2, -0.15) is 0 Å². The summed E-state index contributed by atoms with van der Waals surface area (Å²) >= 11 is 1.44. The van der Waals surface area contributed by atoms with E-state index in [1.165, 1.54) is 16.9 Å². The predicted molar refractivity (Wildman–Crippen MR) is 70.6 cm³/mol. The number of Topliss-reactive ketones (excluding diaryl/α,β-unsaturated/α-hetero) is 1. The largest absolute Gasteiger partial charge is 0.293 e. The minimum Gasteiger partial charge on any atom is -0.293 e. The molecule has 0 aliphatic rings. The van der Waals surface area contributed by atoms with Crippen molar-refractivity contribution in [3.05, 3.63) is 52.0 Å². The van der Waals surface area contributed by atoms with Gasteiger partial charge in [0.25, 0.3) is 0 Å². The van der Waals surface area contributed by atoms with Gasteiger partial charge in [0.2, 0.25) is 0 Å². The maximum absolute atomic E-state index is 11.9. The predicted octanol–water partition coefficient (Wildman–Crippen LogP) is 3.66. The van der Waals surface area contributed by atoms with Gasteiger partial charge < -0.3 is 0 Å². The van der Waals surface area contributed by atoms with E-state index in [9.17, 15) is 4.79 Å². The molecule has 0 aliphatic heterocycles. The lowest BCUT2D eigenvalue weighted by Gasteiger charge is -2.00. The summed E-state index contributed by atoms with van der Waals surface area (Å²) in [6, 6.07) is 10.3. The topological polar surface area (TPSA) is 30.0 Å². The lowest BCUT2D eigenvalue weighted by Crippen LogP contribution is -1.99. The number of hydrogen-bond acceptors (Lipinski definition) is 3. The quantitative estimate of drug-likeness (QED) is 0.752. The van der Waals surface area contributed by atoms with Crippen LogP contribution in [0.5, 0.6) is 0 Å². The molecule has 0 spiro atoms. The molecular weight excluding hydrogens is 230 g/mol. The SMILES string of the molecule is Cc1ncsc1C(=O)CCCc1ccccc1. The van der Waals surface area contributed by atoms with Gasteiger partial charge in [0.1, 0.15) is 0 Å². The van der Waals surface area contributed by atoms with Gasteiger partial charge in [0.15, 0.2) is 5.78 Å². The van der Waals surface area contributed by atoms with Crippen LogP contribution >= 0.6 is 11.3 Å². The van der Waals surface area contributed by atoms with Crippen molar-refractivity contribution in [2.24, 2.45) is 0 Å². The van der Waals surface area contributed by atoms with E-state index < -0.39 is 0 Å². The Balaban J connectivity index is 1.84. The smallest absolute Gasteiger partial charge is 0.174 e. The Morgan fingerprint density at radius 1 is 1.29 bits per heavy atom. The summed E-state index contributed by atoms with van der Waals surface area (Å²) in [4.78, 5) is 16.8. The molecule has 0 aliphatic carbocycles. The monoisotopic (exact) mass is 245 g/mol. The molecule has 2 rings (SSSR count). The minimum absolute atomic E-state index is 0.223. The first-order valence-electron chi connectivity index (χ1n) is 5.74. The fraction of sp³-hybridized carbons (Fsp3) is 0.286. The summed E-state index contributed by atoms with van der Waals surface area (Å²) in [6.07, 6.45) is 2.47. The van der Waals surface area contributed by atoms with E-state index in [1.807, 2.05) is 25.1 Å². The minimum atomic E-state index is 0.223. The Bertz CT molecular complexity index is 490. The Morgan fingerprint density at radius 2 is 2.06 bits per heavy atom. The molecule has 0 saturated carbocycles. The molecule has 1 aromatic carbocycles. The Hall–Kier alpha value is -1.48. The van der Waals surface area contributed by atoms with Crippen LogP contribution < -0.4 is 0 Å². The maximum Gasteiger partial charge on any atom is 0.174 e. The van der Waals surface area contributed by atoms with Crippen LogP contribution in [-0.4, -0.2) is 10.8 Å². The Kier molecular flexibility index (Phi) is 4.04. The number of carbonyl (C=O) groups is 1. The zero-order valence-corrected chi connectivity index (χ0v) is 10.7. The van der Waals surface area contributed by atoms with E-state index >= 15 is 0 Å². The molecule has 17 heavy (non-hydrogen) atoms. The standard InChI is InChI=1S/C14H15NOS/c1-11-14(17-10-15-11)13(16)9-5-8-12-6-3-2-4-7-12/h2-4,6-7,10H,5,8-9H2,1H3. The second-order valence-electron chi connectivity index (χ2n) is 4.03. The number of hydrogen-bond donors (Lipinski definition) is 0. The maximum atomic E-state index is 11.9. The molecule has 3 heteroatoms. The van der Waals surface area contributed by atoms with Gasteiger partial charge in [0, 0.05) is 6.42 Å². The highest BCUT2D eigenvalue weighted by Gasteiger charge is 2.10. The van der Waals surface area contributed by atoms with Crippen molar-refractivity contribution in [1.82, 2.24) is 4.98 Å². The number of benzene rings is 1. The highest BCUT2D eigenvalue weighted by Crippen LogP contribution is 2.16. The first-order valence-corrected chi connectivity index (χ1v) is 6.62. The molecule has 1 heterocycles. The van der Waals surface area contributed by atoms with E-state index in [-0.39, 0.29) is 5.78 Å². The average Bonchev–Trinajstić information content (AvgIpc) is 2.77. The van der Waals surface area contributed by atoms with Gasteiger partial charge in [-0.05, 0) is 25.3 Å². The van der Waals surface area contributed by atoms with Crippen LogP contribution in [0.25, 0.3) is 0 Å². The molecule has 0 amide bonds. The number of aryl methyl sites for hydroxylation is 2. The van der Waals surface area contributed by atoms with Crippen molar-refractivity contribution in [2.75, 3.05) is 0 Å². The highest BCUT2D eigenvalue weighted by atomic mass is 32.1. The van der Waals surface area contributed by atoms with Crippen molar-refractivity contribution in [3.63, 3.8) is 0 Å². The van der Waals surface area contributed by atoms with E-state index in [0.29, 0.717) is 6.42 Å². The Labute approximate surface area is 105 Å². The number of nitrogens with zero attached hydrogens (tertiary/aromatic N) is 1. The van der Waals surface area contributed by atoms with Crippen LogP contribution in [0.15, 0.2) is 35.8 Å². The van der Waals surface area contributed by atoms with Crippen LogP contribution in [-0.2, 0) is 6.42 Å². The summed E-state index contributed by atoms with van der Waals surface area (Å²) in [7, 11) is 0. The van der Waals surface area contributed by atoms with E-state index in [4.69, 9.17) is 0 Å². The van der Waals surface area contributed by atoms with Crippen molar-refractivity contribution in [3.8, 4) is 0 Å². The summed E-state index contributed by atoms with van der Waals surface area (Å²) in [5, 5.41) is 0. The first kappa shape index (κ1) is 12.0. The van der Waals surface area contributed by atoms with Crippen molar-refractivity contribution in [1.29, 1.82) is 0 Å². The fourth-order valence-corrected chi connectivity index (χ4v) is 2.55. The van der Waals surface area contributed by atoms with Crippen LogP contribution in [0.1, 0.15) is 33.8 Å². The molecule has 0 unspecified atom stereocenters. The van der Waals surface area contributed by atoms with E-state index in [1.54, 1.807) is 5.51 Å². The second kappa shape index (κ2) is 5.73. The van der Waals surface area contributed by atoms with Gasteiger partial charge in [-0.15, -0.1) is 11.3 Å². The van der Waals surface area contributed by atoms with Crippen molar-refractivity contribution < 1.29 is 4.79 Å². The number of aromatic nitrogens is 1. The second-order valence-corrected chi connectivity index (χ2v) is 4.88. The van der Waals surface area contributed by atoms with Crippen molar-refractivity contribution >= 4 is 17.1 Å². The summed E-state index contributed by atoms with van der Waals surface area (Å²) in [5.74, 6) is 0.223. The lowest BCUT2D eigenvalue weighted by atomic mass is 10.1. The number of thiazole rings is 1.